The molecule has 0 saturated carbocycles. The molecule has 0 spiro atoms. The van der Waals surface area contributed by atoms with Crippen LogP contribution in [0, 0.1) is 13.8 Å². The second kappa shape index (κ2) is 9.54. The monoisotopic (exact) mass is 414 g/mol. The summed E-state index contributed by atoms with van der Waals surface area (Å²) >= 11 is 3.35. The maximum absolute atomic E-state index is 13.0. The van der Waals surface area contributed by atoms with Crippen molar-refractivity contribution in [1.29, 1.82) is 0 Å². The third-order valence-corrected chi connectivity index (χ3v) is 6.55. The van der Waals surface area contributed by atoms with Crippen molar-refractivity contribution in [1.82, 2.24) is 4.98 Å². The van der Waals surface area contributed by atoms with E-state index < -0.39 is 0 Å². The smallest absolute Gasteiger partial charge is 0.229 e. The molecule has 0 aliphatic heterocycles. The first-order valence-electron chi connectivity index (χ1n) is 9.59. The Morgan fingerprint density at radius 2 is 1.93 bits per heavy atom. The first kappa shape index (κ1) is 20.8. The molecule has 28 heavy (non-hydrogen) atoms. The zero-order chi connectivity index (χ0) is 20.1. The van der Waals surface area contributed by atoms with Crippen molar-refractivity contribution < 1.29 is 9.69 Å². The third kappa shape index (κ3) is 5.34. The van der Waals surface area contributed by atoms with Crippen LogP contribution in [0.3, 0.4) is 0 Å². The van der Waals surface area contributed by atoms with Gasteiger partial charge in [0.1, 0.15) is 0 Å². The number of hydrogen-bond acceptors (Lipinski definition) is 4. The molecule has 0 aliphatic carbocycles. The van der Waals surface area contributed by atoms with Gasteiger partial charge in [-0.15, -0.1) is 11.8 Å². The predicted molar refractivity (Wildman–Crippen MR) is 121 cm³/mol. The topological polar surface area (TPSA) is 37.6 Å². The molecule has 1 amide bonds. The average Bonchev–Trinajstić information content (AvgIpc) is 3.06. The minimum atomic E-state index is 0.151. The van der Waals surface area contributed by atoms with Crippen LogP contribution in [-0.4, -0.2) is 43.8 Å². The molecule has 0 bridgehead atoms. The summed E-state index contributed by atoms with van der Waals surface area (Å²) in [4.78, 5) is 22.3. The Bertz CT molecular complexity index is 938. The number of likely N-dealkylation sites (N-methyl/N-ethyl adjacent to an activating group) is 1. The highest BCUT2D eigenvalue weighted by Crippen LogP contribution is 2.32. The molecule has 6 heteroatoms. The summed E-state index contributed by atoms with van der Waals surface area (Å²) in [5.41, 5.74) is 3.41. The fourth-order valence-corrected chi connectivity index (χ4v) is 5.09. The number of nitrogens with zero attached hydrogens (tertiary/aromatic N) is 2. The Balaban J connectivity index is 1.76. The van der Waals surface area contributed by atoms with Crippen molar-refractivity contribution in [2.45, 2.75) is 25.2 Å². The highest BCUT2D eigenvalue weighted by atomic mass is 32.2. The number of hydrogen-bond donors (Lipinski definition) is 1. The summed E-state index contributed by atoms with van der Waals surface area (Å²) < 4.78 is 1.15. The van der Waals surface area contributed by atoms with Crippen LogP contribution in [0.4, 0.5) is 5.13 Å². The fraction of sp³-hybridized carbons (Fsp3) is 0.364. The van der Waals surface area contributed by atoms with Crippen molar-refractivity contribution in [2.24, 2.45) is 0 Å². The molecule has 2 aromatic carbocycles. The molecular weight excluding hydrogens is 386 g/mol. The predicted octanol–water partition coefficient (Wildman–Crippen LogP) is 3.57. The number of quaternary nitrogens is 1. The van der Waals surface area contributed by atoms with E-state index >= 15 is 0 Å². The Labute approximate surface area is 175 Å². The molecule has 0 aliphatic rings. The van der Waals surface area contributed by atoms with E-state index in [9.17, 15) is 4.79 Å². The van der Waals surface area contributed by atoms with Crippen LogP contribution >= 0.6 is 23.1 Å². The van der Waals surface area contributed by atoms with Gasteiger partial charge in [0.2, 0.25) is 5.91 Å². The number of fused-ring (bicyclic) bond motifs is 1. The minimum absolute atomic E-state index is 0.151. The molecular formula is C22H28N3OS2+. The van der Waals surface area contributed by atoms with E-state index in [0.717, 1.165) is 27.6 Å². The zero-order valence-electron chi connectivity index (χ0n) is 17.0. The van der Waals surface area contributed by atoms with E-state index in [0.29, 0.717) is 13.0 Å². The molecule has 1 aromatic heterocycles. The molecule has 3 rings (SSSR count). The summed E-state index contributed by atoms with van der Waals surface area (Å²) in [7, 11) is 4.22. The quantitative estimate of drug-likeness (QED) is 0.573. The van der Waals surface area contributed by atoms with Crippen LogP contribution in [0.15, 0.2) is 47.4 Å². The molecule has 4 nitrogen and oxygen atoms in total. The number of aromatic nitrogens is 1. The van der Waals surface area contributed by atoms with Gasteiger partial charge in [0.15, 0.2) is 5.13 Å². The lowest BCUT2D eigenvalue weighted by molar-refractivity contribution is -0.856. The molecule has 3 aromatic rings. The molecule has 0 fully saturated rings. The Kier molecular flexibility index (Phi) is 7.10. The first-order valence-corrected chi connectivity index (χ1v) is 11.4. The number of thioether (sulfide) groups is 1. The lowest BCUT2D eigenvalue weighted by Gasteiger charge is -2.20. The van der Waals surface area contributed by atoms with Crippen LogP contribution in [0.25, 0.3) is 10.2 Å². The number of carbonyl (C=O) groups is 1. The SMILES string of the molecule is Cc1cc(C)c2nc(N(CC[NH+](C)C)C(=O)CCSc3ccccc3)sc2c1. The van der Waals surface area contributed by atoms with Gasteiger partial charge in [0.25, 0.3) is 0 Å². The summed E-state index contributed by atoms with van der Waals surface area (Å²) in [6.07, 6.45) is 0.510. The maximum atomic E-state index is 13.0. The Morgan fingerprint density at radius 3 is 2.64 bits per heavy atom. The first-order chi connectivity index (χ1) is 13.4. The van der Waals surface area contributed by atoms with E-state index in [-0.39, 0.29) is 5.91 Å². The van der Waals surface area contributed by atoms with Crippen LogP contribution in [0.1, 0.15) is 17.5 Å². The average molecular weight is 415 g/mol. The van der Waals surface area contributed by atoms with Crippen molar-refractivity contribution in [3.8, 4) is 0 Å². The van der Waals surface area contributed by atoms with E-state index in [1.54, 1.807) is 23.1 Å². The van der Waals surface area contributed by atoms with Gasteiger partial charge in [0, 0.05) is 17.1 Å². The maximum Gasteiger partial charge on any atom is 0.229 e. The fourth-order valence-electron chi connectivity index (χ4n) is 3.04. The van der Waals surface area contributed by atoms with Crippen LogP contribution in [0.2, 0.25) is 0 Å². The zero-order valence-corrected chi connectivity index (χ0v) is 18.6. The van der Waals surface area contributed by atoms with Gasteiger partial charge in [0.05, 0.1) is 37.4 Å². The number of rotatable bonds is 8. The van der Waals surface area contributed by atoms with Gasteiger partial charge in [-0.3, -0.25) is 9.69 Å². The van der Waals surface area contributed by atoms with E-state index in [1.165, 1.54) is 20.9 Å². The number of nitrogens with one attached hydrogen (secondary N) is 1. The Hall–Kier alpha value is -1.89. The lowest BCUT2D eigenvalue weighted by Crippen LogP contribution is -3.06. The van der Waals surface area contributed by atoms with Gasteiger partial charge in [-0.1, -0.05) is 35.6 Å². The number of carbonyl (C=O) groups excluding carboxylic acids is 1. The van der Waals surface area contributed by atoms with E-state index in [1.807, 2.05) is 23.1 Å². The van der Waals surface area contributed by atoms with Crippen LogP contribution in [-0.2, 0) is 4.79 Å². The van der Waals surface area contributed by atoms with E-state index in [2.05, 4.69) is 52.2 Å². The van der Waals surface area contributed by atoms with Gasteiger partial charge in [-0.05, 0) is 43.2 Å². The molecule has 0 saturated heterocycles. The lowest BCUT2D eigenvalue weighted by atomic mass is 10.1. The Morgan fingerprint density at radius 1 is 1.18 bits per heavy atom. The molecule has 1 heterocycles. The number of aryl methyl sites for hydroxylation is 2. The second-order valence-electron chi connectivity index (χ2n) is 7.34. The van der Waals surface area contributed by atoms with Crippen LogP contribution < -0.4 is 9.80 Å². The normalized spacial score (nSPS) is 11.3. The highest BCUT2D eigenvalue weighted by molar-refractivity contribution is 7.99. The number of anilines is 1. The number of thiazole rings is 1. The molecule has 148 valence electrons. The molecule has 0 unspecified atom stereocenters. The van der Waals surface area contributed by atoms with Crippen molar-refractivity contribution >= 4 is 44.4 Å². The molecule has 0 atom stereocenters. The summed E-state index contributed by atoms with van der Waals surface area (Å²) in [5, 5.41) is 0.819. The second-order valence-corrected chi connectivity index (χ2v) is 9.52. The van der Waals surface area contributed by atoms with Gasteiger partial charge in [-0.2, -0.15) is 0 Å². The number of benzene rings is 2. The summed E-state index contributed by atoms with van der Waals surface area (Å²) in [6, 6.07) is 14.6. The molecule has 0 radical (unpaired) electrons. The standard InChI is InChI=1S/C22H27N3OS2/c1-16-14-17(2)21-19(15-16)28-22(23-21)25(12-11-24(3)4)20(26)10-13-27-18-8-6-5-7-9-18/h5-9,14-15H,10-13H2,1-4H3/p+1. The largest absolute Gasteiger partial charge is 0.338 e. The van der Waals surface area contributed by atoms with Crippen molar-refractivity contribution in [2.75, 3.05) is 37.8 Å². The van der Waals surface area contributed by atoms with Crippen molar-refractivity contribution in [3.05, 3.63) is 53.6 Å². The van der Waals surface area contributed by atoms with E-state index in [4.69, 9.17) is 4.98 Å². The highest BCUT2D eigenvalue weighted by Gasteiger charge is 2.21. The van der Waals surface area contributed by atoms with Gasteiger partial charge >= 0.3 is 0 Å². The third-order valence-electron chi connectivity index (χ3n) is 4.51. The van der Waals surface area contributed by atoms with Crippen LogP contribution in [0.5, 0.6) is 0 Å². The molecule has 1 N–H and O–H groups in total. The van der Waals surface area contributed by atoms with Crippen molar-refractivity contribution in [3.63, 3.8) is 0 Å². The van der Waals surface area contributed by atoms with Gasteiger partial charge in [-0.25, -0.2) is 4.98 Å². The summed E-state index contributed by atoms with van der Waals surface area (Å²) in [6.45, 7) is 5.77. The van der Waals surface area contributed by atoms with Gasteiger partial charge < -0.3 is 4.90 Å². The number of amides is 1. The summed E-state index contributed by atoms with van der Waals surface area (Å²) in [5.74, 6) is 0.926. The minimum Gasteiger partial charge on any atom is -0.338 e.